The van der Waals surface area contributed by atoms with E-state index in [2.05, 4.69) is 218 Å². The van der Waals surface area contributed by atoms with E-state index in [9.17, 15) is 0 Å². The smallest absolute Gasteiger partial charge is 0.133 e. The SMILES string of the molecule is COc1c2cc3ccccc3c1-c1c(OC)c(cc3ccccc13)COCc1ccc(cc1)-c1ccc(cc1)COCc1cc3ccccc3c(c1OC)-c1c(OC)c(cc3ccccc13)COCc1ccc(cc1)-c1ccc(cc1)COC2. The summed E-state index contributed by atoms with van der Waals surface area (Å²) in [5.74, 6) is 2.98. The number of benzene rings is 12. The fraction of sp³-hybridized carbons (Fsp3) is 0.158. The molecule has 0 atom stereocenters. The highest BCUT2D eigenvalue weighted by Gasteiger charge is 2.26. The first-order chi connectivity index (χ1) is 41.5. The number of fused-ring (bicyclic) bond motifs is 4. The Kier molecular flexibility index (Phi) is 15.6. The average molecular weight is 1110 g/mol. The minimum Gasteiger partial charge on any atom is -0.496 e. The molecule has 8 nitrogen and oxygen atoms in total. The van der Waals surface area contributed by atoms with Crippen molar-refractivity contribution in [2.75, 3.05) is 28.4 Å². The van der Waals surface area contributed by atoms with Crippen molar-refractivity contribution in [1.82, 2.24) is 0 Å². The first-order valence-electron chi connectivity index (χ1n) is 28.5. The molecule has 0 saturated heterocycles. The van der Waals surface area contributed by atoms with Crippen LogP contribution >= 0.6 is 0 Å². The molecule has 12 aromatic carbocycles. The Morgan fingerprint density at radius 3 is 0.643 bits per heavy atom. The third kappa shape index (κ3) is 10.7. The highest BCUT2D eigenvalue weighted by molar-refractivity contribution is 6.12. The van der Waals surface area contributed by atoms with Gasteiger partial charge in [0.1, 0.15) is 23.0 Å². The zero-order valence-electron chi connectivity index (χ0n) is 47.7. The van der Waals surface area contributed by atoms with Gasteiger partial charge in [0.25, 0.3) is 0 Å². The van der Waals surface area contributed by atoms with Crippen LogP contribution in [0.1, 0.15) is 44.5 Å². The lowest BCUT2D eigenvalue weighted by Crippen LogP contribution is -2.03. The molecule has 0 radical (unpaired) electrons. The molecule has 0 N–H and O–H groups in total. The zero-order valence-corrected chi connectivity index (χ0v) is 47.7. The molecule has 19 rings (SSSR count). The number of hydrogen-bond donors (Lipinski definition) is 0. The number of hydrogen-bond acceptors (Lipinski definition) is 8. The fourth-order valence-electron chi connectivity index (χ4n) is 12.2. The standard InChI is InChI=1S/C76H64O8/c1-77-73-61-37-57-13-5-9-17-65(57)69(73)70-66-18-10-6-14-58(66)38-62(74(70)78-2)46-82-42-50-23-31-55(32-24-50)56-35-27-52(28-36-56)44-84-48-64-40-60-16-8-12-20-68(60)72(76(64)80-4)71-67-19-11-7-15-59(67)39-63(75(71)79-3)47-83-43-51-25-33-54(34-26-51)53-29-21-49(22-30-53)41-81-45-61/h5-40H,41-48H2,1-4H3. The van der Waals surface area contributed by atoms with E-state index in [1.165, 1.54) is 0 Å². The van der Waals surface area contributed by atoms with Gasteiger partial charge in [-0.05, 0) is 112 Å². The van der Waals surface area contributed by atoms with Crippen LogP contribution in [0.2, 0.25) is 0 Å². The Labute approximate surface area is 490 Å². The van der Waals surface area contributed by atoms with Gasteiger partial charge in [-0.2, -0.15) is 0 Å². The van der Waals surface area contributed by atoms with E-state index in [0.717, 1.165) is 155 Å². The summed E-state index contributed by atoms with van der Waals surface area (Å²) in [4.78, 5) is 0. The third-order valence-corrected chi connectivity index (χ3v) is 16.2. The van der Waals surface area contributed by atoms with Crippen molar-refractivity contribution in [3.05, 3.63) is 263 Å². The Bertz CT molecular complexity index is 3780. The number of methoxy groups -OCH3 is 4. The lowest BCUT2D eigenvalue weighted by atomic mass is 9.89. The molecule has 0 spiro atoms. The van der Waals surface area contributed by atoms with Crippen molar-refractivity contribution in [2.24, 2.45) is 0 Å². The topological polar surface area (TPSA) is 73.8 Å². The second kappa shape index (κ2) is 24.3. The van der Waals surface area contributed by atoms with Crippen LogP contribution in [0.25, 0.3) is 87.6 Å². The molecule has 12 aromatic rings. The predicted octanol–water partition coefficient (Wildman–Crippen LogP) is 18.2. The maximum Gasteiger partial charge on any atom is 0.133 e. The van der Waals surface area contributed by atoms with Crippen LogP contribution in [-0.2, 0) is 71.8 Å². The monoisotopic (exact) mass is 1100 g/mol. The summed E-state index contributed by atoms with van der Waals surface area (Å²) in [5, 5.41) is 8.54. The van der Waals surface area contributed by atoms with E-state index in [1.807, 2.05) is 0 Å². The number of rotatable bonds is 4. The van der Waals surface area contributed by atoms with Crippen LogP contribution in [0.3, 0.4) is 0 Å². The lowest BCUT2D eigenvalue weighted by Gasteiger charge is -2.22. The van der Waals surface area contributed by atoms with Gasteiger partial charge in [-0.15, -0.1) is 0 Å². The van der Waals surface area contributed by atoms with Gasteiger partial charge in [0.15, 0.2) is 0 Å². The van der Waals surface area contributed by atoms with Gasteiger partial charge >= 0.3 is 0 Å². The van der Waals surface area contributed by atoms with E-state index in [4.69, 9.17) is 37.9 Å². The second-order valence-corrected chi connectivity index (χ2v) is 21.4. The van der Waals surface area contributed by atoms with Gasteiger partial charge in [-0.25, -0.2) is 0 Å². The minimum absolute atomic E-state index is 0.336. The second-order valence-electron chi connectivity index (χ2n) is 21.4. The Morgan fingerprint density at radius 1 is 0.238 bits per heavy atom. The van der Waals surface area contributed by atoms with Gasteiger partial charge in [-0.1, -0.05) is 194 Å². The fourth-order valence-corrected chi connectivity index (χ4v) is 12.2. The van der Waals surface area contributed by atoms with Crippen molar-refractivity contribution >= 4 is 43.1 Å². The predicted molar refractivity (Wildman–Crippen MR) is 338 cm³/mol. The Morgan fingerprint density at radius 2 is 0.440 bits per heavy atom. The maximum atomic E-state index is 6.56. The van der Waals surface area contributed by atoms with Crippen molar-refractivity contribution in [2.45, 2.75) is 52.9 Å². The Hall–Kier alpha value is -9.28. The molecule has 84 heavy (non-hydrogen) atoms. The minimum atomic E-state index is 0.336. The average Bonchev–Trinajstić information content (AvgIpc) is 2.59. The van der Waals surface area contributed by atoms with Crippen molar-refractivity contribution in [3.63, 3.8) is 0 Å². The van der Waals surface area contributed by atoms with Crippen LogP contribution < -0.4 is 18.9 Å². The molecule has 0 fully saturated rings. The van der Waals surface area contributed by atoms with Gasteiger partial charge < -0.3 is 37.9 Å². The largest absolute Gasteiger partial charge is 0.496 e. The van der Waals surface area contributed by atoms with Crippen LogP contribution in [0.4, 0.5) is 0 Å². The molecule has 7 aliphatic heterocycles. The first-order valence-corrected chi connectivity index (χ1v) is 28.5. The number of ether oxygens (including phenoxy) is 8. The molecule has 0 aromatic heterocycles. The molecule has 0 saturated carbocycles. The molecule has 0 aliphatic carbocycles. The normalized spacial score (nSPS) is 13.4. The lowest BCUT2D eigenvalue weighted by molar-refractivity contribution is 0.105. The molecule has 8 heteroatoms. The highest BCUT2D eigenvalue weighted by Crippen LogP contribution is 2.51. The van der Waals surface area contributed by atoms with E-state index in [1.54, 1.807) is 28.4 Å². The molecule has 0 unspecified atom stereocenters. The van der Waals surface area contributed by atoms with Crippen molar-refractivity contribution in [1.29, 1.82) is 0 Å². The van der Waals surface area contributed by atoms with Gasteiger partial charge in [-0.3, -0.25) is 0 Å². The van der Waals surface area contributed by atoms with E-state index in [-0.39, 0.29) is 0 Å². The van der Waals surface area contributed by atoms with Crippen LogP contribution in [-0.4, -0.2) is 28.4 Å². The molecular weight excluding hydrogens is 1040 g/mol. The zero-order chi connectivity index (χ0) is 56.9. The van der Waals surface area contributed by atoms with E-state index in [0.29, 0.717) is 52.9 Å². The van der Waals surface area contributed by atoms with Crippen molar-refractivity contribution in [3.8, 4) is 67.5 Å². The van der Waals surface area contributed by atoms with Crippen LogP contribution in [0.15, 0.2) is 218 Å². The molecule has 416 valence electrons. The Balaban J connectivity index is 0.843. The highest BCUT2D eigenvalue weighted by atomic mass is 16.5. The van der Waals surface area contributed by atoms with Crippen LogP contribution in [0, 0.1) is 0 Å². The molecule has 7 heterocycles. The molecular formula is C76H64O8. The summed E-state index contributed by atoms with van der Waals surface area (Å²) >= 11 is 0. The summed E-state index contributed by atoms with van der Waals surface area (Å²) < 4.78 is 51.9. The van der Waals surface area contributed by atoms with E-state index < -0.39 is 0 Å². The van der Waals surface area contributed by atoms with Gasteiger partial charge in [0.2, 0.25) is 0 Å². The first kappa shape index (κ1) is 54.0. The van der Waals surface area contributed by atoms with Gasteiger partial charge in [0, 0.05) is 44.5 Å². The molecule has 7 aliphatic rings. The van der Waals surface area contributed by atoms with Crippen LogP contribution in [0.5, 0.6) is 23.0 Å². The van der Waals surface area contributed by atoms with Gasteiger partial charge in [0.05, 0.1) is 81.3 Å². The molecule has 0 amide bonds. The summed E-state index contributed by atoms with van der Waals surface area (Å²) in [5.41, 5.74) is 16.3. The quantitative estimate of drug-likeness (QED) is 0.173. The maximum absolute atomic E-state index is 6.56. The molecule has 16 bridgehead atoms. The van der Waals surface area contributed by atoms with E-state index >= 15 is 0 Å². The summed E-state index contributed by atoms with van der Waals surface area (Å²) in [6, 6.07) is 76.9. The summed E-state index contributed by atoms with van der Waals surface area (Å²) in [6.45, 7) is 3.03. The summed E-state index contributed by atoms with van der Waals surface area (Å²) in [7, 11) is 6.96. The van der Waals surface area contributed by atoms with Crippen molar-refractivity contribution < 1.29 is 37.9 Å². The summed E-state index contributed by atoms with van der Waals surface area (Å²) in [6.07, 6.45) is 0. The third-order valence-electron chi connectivity index (χ3n) is 16.2.